The van der Waals surface area contributed by atoms with Gasteiger partial charge in [-0.1, -0.05) is 19.3 Å². The highest BCUT2D eigenvalue weighted by molar-refractivity contribution is 5.48. The molecule has 0 amide bonds. The molecule has 0 aromatic carbocycles. The number of oxazole rings is 1. The van der Waals surface area contributed by atoms with E-state index < -0.39 is 0 Å². The van der Waals surface area contributed by atoms with Crippen molar-refractivity contribution in [3.05, 3.63) is 11.6 Å². The van der Waals surface area contributed by atoms with Crippen molar-refractivity contribution in [2.24, 2.45) is 0 Å². The van der Waals surface area contributed by atoms with Crippen LogP contribution < -0.4 is 4.90 Å². The number of anilines is 1. The minimum absolute atomic E-state index is 0.399. The summed E-state index contributed by atoms with van der Waals surface area (Å²) in [5.74, 6) is 1.81. The van der Waals surface area contributed by atoms with Crippen molar-refractivity contribution < 1.29 is 9.15 Å². The third kappa shape index (κ3) is 2.59. The SMILES string of the molecule is N#Cc1nc(C2CCCCC2)oc1N1CCOCC1. The maximum absolute atomic E-state index is 9.23. The molecule has 3 rings (SSSR count). The molecule has 1 aromatic rings. The lowest BCUT2D eigenvalue weighted by Gasteiger charge is -2.26. The van der Waals surface area contributed by atoms with E-state index in [2.05, 4.69) is 16.0 Å². The smallest absolute Gasteiger partial charge is 0.234 e. The largest absolute Gasteiger partial charge is 0.423 e. The number of rotatable bonds is 2. The van der Waals surface area contributed by atoms with Gasteiger partial charge < -0.3 is 14.1 Å². The van der Waals surface area contributed by atoms with Crippen LogP contribution in [0.1, 0.15) is 49.6 Å². The second kappa shape index (κ2) is 5.62. The number of hydrogen-bond donors (Lipinski definition) is 0. The van der Waals surface area contributed by atoms with Gasteiger partial charge in [-0.2, -0.15) is 5.26 Å². The first-order valence-corrected chi connectivity index (χ1v) is 7.12. The van der Waals surface area contributed by atoms with Crippen molar-refractivity contribution in [1.82, 2.24) is 4.98 Å². The molecule has 1 aliphatic carbocycles. The van der Waals surface area contributed by atoms with Gasteiger partial charge in [-0.15, -0.1) is 0 Å². The van der Waals surface area contributed by atoms with E-state index in [-0.39, 0.29) is 0 Å². The number of hydrogen-bond acceptors (Lipinski definition) is 5. The van der Waals surface area contributed by atoms with Crippen molar-refractivity contribution in [2.75, 3.05) is 31.2 Å². The fourth-order valence-electron chi connectivity index (χ4n) is 2.91. The Bertz CT molecular complexity index is 466. The van der Waals surface area contributed by atoms with Crippen LogP contribution in [0, 0.1) is 11.3 Å². The Hall–Kier alpha value is -1.54. The Kier molecular flexibility index (Phi) is 3.69. The molecular weight excluding hydrogens is 242 g/mol. The minimum atomic E-state index is 0.399. The lowest BCUT2D eigenvalue weighted by atomic mass is 9.89. The van der Waals surface area contributed by atoms with E-state index in [0.29, 0.717) is 30.7 Å². The average Bonchev–Trinajstić information content (AvgIpc) is 2.93. The summed E-state index contributed by atoms with van der Waals surface area (Å²) in [4.78, 5) is 6.49. The summed E-state index contributed by atoms with van der Waals surface area (Å²) in [5, 5.41) is 9.23. The van der Waals surface area contributed by atoms with Crippen LogP contribution in [0.3, 0.4) is 0 Å². The highest BCUT2D eigenvalue weighted by atomic mass is 16.5. The molecule has 0 N–H and O–H groups in total. The molecule has 1 saturated heterocycles. The fraction of sp³-hybridized carbons (Fsp3) is 0.714. The first-order valence-electron chi connectivity index (χ1n) is 7.12. The van der Waals surface area contributed by atoms with Crippen molar-refractivity contribution in [2.45, 2.75) is 38.0 Å². The standard InChI is InChI=1S/C14H19N3O2/c15-10-12-14(17-6-8-18-9-7-17)19-13(16-12)11-4-2-1-3-5-11/h11H,1-9H2. The molecular formula is C14H19N3O2. The predicted octanol–water partition coefficient (Wildman–Crippen LogP) is 2.43. The molecule has 2 aliphatic rings. The first kappa shape index (κ1) is 12.5. The summed E-state index contributed by atoms with van der Waals surface area (Å²) in [7, 11) is 0. The average molecular weight is 261 g/mol. The van der Waals surface area contributed by atoms with E-state index in [9.17, 15) is 5.26 Å². The summed E-state index contributed by atoms with van der Waals surface area (Å²) in [6, 6.07) is 2.17. The molecule has 5 nitrogen and oxygen atoms in total. The van der Waals surface area contributed by atoms with E-state index in [4.69, 9.17) is 9.15 Å². The van der Waals surface area contributed by atoms with Crippen molar-refractivity contribution in [3.63, 3.8) is 0 Å². The first-order chi connectivity index (χ1) is 9.38. The molecule has 0 bridgehead atoms. The van der Waals surface area contributed by atoms with E-state index in [1.165, 1.54) is 19.3 Å². The van der Waals surface area contributed by atoms with Gasteiger partial charge in [0.25, 0.3) is 0 Å². The third-order valence-corrected chi connectivity index (χ3v) is 3.98. The quantitative estimate of drug-likeness (QED) is 0.818. The minimum Gasteiger partial charge on any atom is -0.423 e. The number of nitriles is 1. The van der Waals surface area contributed by atoms with Crippen molar-refractivity contribution in [3.8, 4) is 6.07 Å². The second-order valence-corrected chi connectivity index (χ2v) is 5.25. The Morgan fingerprint density at radius 3 is 2.58 bits per heavy atom. The molecule has 0 spiro atoms. The molecule has 0 atom stereocenters. The molecule has 19 heavy (non-hydrogen) atoms. The molecule has 102 valence electrons. The Morgan fingerprint density at radius 2 is 1.89 bits per heavy atom. The van der Waals surface area contributed by atoms with Gasteiger partial charge in [0.2, 0.25) is 17.5 Å². The molecule has 1 aromatic heterocycles. The van der Waals surface area contributed by atoms with Crippen LogP contribution in [0.4, 0.5) is 5.88 Å². The normalized spacial score (nSPS) is 21.3. The molecule has 2 fully saturated rings. The Balaban J connectivity index is 1.83. The number of aromatic nitrogens is 1. The van der Waals surface area contributed by atoms with E-state index in [1.807, 2.05) is 0 Å². The van der Waals surface area contributed by atoms with Gasteiger partial charge in [-0.25, -0.2) is 4.98 Å². The zero-order valence-corrected chi connectivity index (χ0v) is 11.1. The summed E-state index contributed by atoms with van der Waals surface area (Å²) >= 11 is 0. The lowest BCUT2D eigenvalue weighted by molar-refractivity contribution is 0.120. The van der Waals surface area contributed by atoms with Crippen LogP contribution in [-0.4, -0.2) is 31.3 Å². The van der Waals surface area contributed by atoms with Crippen LogP contribution in [-0.2, 0) is 4.74 Å². The van der Waals surface area contributed by atoms with Gasteiger partial charge >= 0.3 is 0 Å². The van der Waals surface area contributed by atoms with Crippen LogP contribution in [0.5, 0.6) is 0 Å². The zero-order chi connectivity index (χ0) is 13.1. The van der Waals surface area contributed by atoms with Gasteiger partial charge in [-0.05, 0) is 12.8 Å². The van der Waals surface area contributed by atoms with Crippen LogP contribution in [0.25, 0.3) is 0 Å². The second-order valence-electron chi connectivity index (χ2n) is 5.25. The van der Waals surface area contributed by atoms with Crippen molar-refractivity contribution >= 4 is 5.88 Å². The summed E-state index contributed by atoms with van der Waals surface area (Å²) in [6.45, 7) is 2.91. The van der Waals surface area contributed by atoms with E-state index in [0.717, 1.165) is 31.8 Å². The Morgan fingerprint density at radius 1 is 1.16 bits per heavy atom. The number of ether oxygens (including phenoxy) is 1. The van der Waals surface area contributed by atoms with Gasteiger partial charge in [0.1, 0.15) is 6.07 Å². The molecule has 2 heterocycles. The highest BCUT2D eigenvalue weighted by Gasteiger charge is 2.26. The van der Waals surface area contributed by atoms with Crippen LogP contribution in [0.2, 0.25) is 0 Å². The van der Waals surface area contributed by atoms with Crippen LogP contribution >= 0.6 is 0 Å². The third-order valence-electron chi connectivity index (χ3n) is 3.98. The summed E-state index contributed by atoms with van der Waals surface area (Å²) < 4.78 is 11.3. The highest BCUT2D eigenvalue weighted by Crippen LogP contribution is 2.35. The predicted molar refractivity (Wildman–Crippen MR) is 70.1 cm³/mol. The zero-order valence-electron chi connectivity index (χ0n) is 11.1. The molecule has 0 unspecified atom stereocenters. The summed E-state index contributed by atoms with van der Waals surface area (Å²) in [6.07, 6.45) is 6.05. The topological polar surface area (TPSA) is 62.3 Å². The fourth-order valence-corrected chi connectivity index (χ4v) is 2.91. The van der Waals surface area contributed by atoms with Gasteiger partial charge in [0, 0.05) is 19.0 Å². The molecule has 1 aliphatic heterocycles. The maximum Gasteiger partial charge on any atom is 0.234 e. The van der Waals surface area contributed by atoms with Crippen LogP contribution in [0.15, 0.2) is 4.42 Å². The molecule has 0 radical (unpaired) electrons. The van der Waals surface area contributed by atoms with Gasteiger partial charge in [0.15, 0.2) is 0 Å². The van der Waals surface area contributed by atoms with Gasteiger partial charge in [-0.3, -0.25) is 0 Å². The maximum atomic E-state index is 9.23. The molecule has 5 heteroatoms. The number of morpholine rings is 1. The summed E-state index contributed by atoms with van der Waals surface area (Å²) in [5.41, 5.74) is 0.433. The number of nitrogens with zero attached hydrogens (tertiary/aromatic N) is 3. The van der Waals surface area contributed by atoms with E-state index >= 15 is 0 Å². The van der Waals surface area contributed by atoms with Gasteiger partial charge in [0.05, 0.1) is 13.2 Å². The van der Waals surface area contributed by atoms with E-state index in [1.54, 1.807) is 0 Å². The monoisotopic (exact) mass is 261 g/mol. The Labute approximate surface area is 113 Å². The lowest BCUT2D eigenvalue weighted by Crippen LogP contribution is -2.36. The van der Waals surface area contributed by atoms with Crippen molar-refractivity contribution in [1.29, 1.82) is 5.26 Å². The molecule has 1 saturated carbocycles.